The summed E-state index contributed by atoms with van der Waals surface area (Å²) >= 11 is 1.42. The van der Waals surface area contributed by atoms with Crippen molar-refractivity contribution < 1.29 is 27.6 Å². The van der Waals surface area contributed by atoms with E-state index in [1.165, 1.54) is 34.9 Å². The molecule has 12 heteroatoms. The summed E-state index contributed by atoms with van der Waals surface area (Å²) in [5.41, 5.74) is 0.816. The van der Waals surface area contributed by atoms with Gasteiger partial charge in [0.05, 0.1) is 6.20 Å². The van der Waals surface area contributed by atoms with Crippen LogP contribution in [0.15, 0.2) is 72.0 Å². The molecule has 2 aromatic carbocycles. The van der Waals surface area contributed by atoms with Gasteiger partial charge in [-0.1, -0.05) is 24.3 Å². The molecule has 1 atom stereocenters. The van der Waals surface area contributed by atoms with Crippen molar-refractivity contribution in [1.29, 1.82) is 0 Å². The lowest BCUT2D eigenvalue weighted by Gasteiger charge is -2.33. The molecule has 3 amide bonds. The van der Waals surface area contributed by atoms with Crippen LogP contribution in [0.5, 0.6) is 0 Å². The highest BCUT2D eigenvalue weighted by Gasteiger charge is 2.37. The van der Waals surface area contributed by atoms with Crippen molar-refractivity contribution in [2.45, 2.75) is 61.4 Å². The van der Waals surface area contributed by atoms with Crippen LogP contribution in [-0.2, 0) is 14.4 Å². The summed E-state index contributed by atoms with van der Waals surface area (Å²) in [6.07, 6.45) is 8.47. The molecule has 0 bridgehead atoms. The van der Waals surface area contributed by atoms with Gasteiger partial charge in [-0.2, -0.15) is 0 Å². The van der Waals surface area contributed by atoms with E-state index in [0.717, 1.165) is 17.9 Å². The minimum absolute atomic E-state index is 0.149. The van der Waals surface area contributed by atoms with E-state index in [0.29, 0.717) is 24.2 Å². The highest BCUT2D eigenvalue weighted by molar-refractivity contribution is 7.98. The van der Waals surface area contributed by atoms with Crippen LogP contribution in [0.3, 0.4) is 0 Å². The van der Waals surface area contributed by atoms with Crippen molar-refractivity contribution in [2.75, 3.05) is 22.6 Å². The minimum Gasteiger partial charge on any atom is -0.351 e. The molecule has 1 saturated heterocycles. The predicted octanol–water partition coefficient (Wildman–Crippen LogP) is 5.55. The molecule has 1 N–H and O–H groups in total. The van der Waals surface area contributed by atoms with Crippen molar-refractivity contribution in [2.24, 2.45) is 0 Å². The van der Waals surface area contributed by atoms with Crippen LogP contribution in [0.25, 0.3) is 0 Å². The summed E-state index contributed by atoms with van der Waals surface area (Å²) in [5, 5.41) is 2.83. The summed E-state index contributed by atoms with van der Waals surface area (Å²) in [7, 11) is 0. The van der Waals surface area contributed by atoms with Crippen molar-refractivity contribution in [3.63, 3.8) is 0 Å². The Morgan fingerprint density at radius 3 is 2.55 bits per heavy atom. The first kappa shape index (κ1) is 31.0. The number of carbonyl (C=O) groups excluding carboxylic acids is 3. The Morgan fingerprint density at radius 1 is 1.17 bits per heavy atom. The maximum Gasteiger partial charge on any atom is 0.248 e. The van der Waals surface area contributed by atoms with Crippen molar-refractivity contribution in [3.05, 3.63) is 78.5 Å². The molecular weight excluding hydrogens is 567 g/mol. The molecule has 8 nitrogen and oxygen atoms in total. The monoisotopic (exact) mass is 599 g/mol. The first-order valence-electron chi connectivity index (χ1n) is 13.6. The number of hydrogen-bond donors (Lipinski definition) is 1. The number of benzene rings is 2. The third-order valence-electron chi connectivity index (χ3n) is 7.14. The van der Waals surface area contributed by atoms with Gasteiger partial charge in [-0.25, -0.2) is 18.2 Å². The Labute approximate surface area is 246 Å². The number of rotatable bonds is 8. The van der Waals surface area contributed by atoms with Gasteiger partial charge in [0.2, 0.25) is 24.1 Å². The fraction of sp³-hybridized carbons (Fsp3) is 0.367. The highest BCUT2D eigenvalue weighted by Crippen LogP contribution is 2.35. The standard InChI is InChI=1S/C22H23F3N2O2S.C8H9N3O/c1-30-19-8-3-2-7-18(19)20(27(14-28)17-6-4-5-15(23)13-17)21(29)26-16-9-11-22(24,25)12-10-16;12-8-2-1-5-11(8)7-6-9-3-4-10-7/h2-8,13-14,16,20H,9-12H2,1H3,(H,26,29);3-4,6H,1-2,5H2. The Hall–Kier alpha value is -3.93. The van der Waals surface area contributed by atoms with E-state index in [1.54, 1.807) is 41.7 Å². The topological polar surface area (TPSA) is 95.5 Å². The summed E-state index contributed by atoms with van der Waals surface area (Å²) in [6, 6.07) is 11.1. The van der Waals surface area contributed by atoms with Crippen LogP contribution in [0.4, 0.5) is 24.7 Å². The minimum atomic E-state index is -2.71. The van der Waals surface area contributed by atoms with E-state index < -0.39 is 29.7 Å². The van der Waals surface area contributed by atoms with Crippen LogP contribution in [0.1, 0.15) is 50.1 Å². The zero-order valence-corrected chi connectivity index (χ0v) is 23.9. The lowest BCUT2D eigenvalue weighted by atomic mass is 9.91. The lowest BCUT2D eigenvalue weighted by molar-refractivity contribution is -0.125. The number of hydrogen-bond acceptors (Lipinski definition) is 6. The lowest BCUT2D eigenvalue weighted by Crippen LogP contribution is -2.46. The van der Waals surface area contributed by atoms with Gasteiger partial charge in [0.1, 0.15) is 11.9 Å². The Kier molecular flexibility index (Phi) is 10.6. The maximum atomic E-state index is 13.8. The second kappa shape index (κ2) is 14.3. The number of amides is 3. The number of aromatic nitrogens is 2. The SMILES string of the molecule is CSc1ccccc1C(C(=O)NC1CCC(F)(F)CC1)N(C=O)c1cccc(F)c1.O=C1CCCN1c1cnccn1. The summed E-state index contributed by atoms with van der Waals surface area (Å²) < 4.78 is 40.8. The molecule has 1 aromatic heterocycles. The summed E-state index contributed by atoms with van der Waals surface area (Å²) in [5.74, 6) is -2.91. The van der Waals surface area contributed by atoms with E-state index >= 15 is 0 Å². The van der Waals surface area contributed by atoms with E-state index in [-0.39, 0.29) is 37.3 Å². The molecule has 0 spiro atoms. The molecule has 2 heterocycles. The van der Waals surface area contributed by atoms with Crippen LogP contribution >= 0.6 is 11.8 Å². The van der Waals surface area contributed by atoms with Gasteiger partial charge in [-0.15, -0.1) is 11.8 Å². The number of anilines is 2. The van der Waals surface area contributed by atoms with Gasteiger partial charge in [0.25, 0.3) is 0 Å². The van der Waals surface area contributed by atoms with Crippen molar-refractivity contribution in [3.8, 4) is 0 Å². The molecule has 1 aliphatic carbocycles. The summed E-state index contributed by atoms with van der Waals surface area (Å²) in [6.45, 7) is 0.775. The fourth-order valence-corrected chi connectivity index (χ4v) is 5.63. The van der Waals surface area contributed by atoms with Crippen LogP contribution in [-0.4, -0.2) is 53.0 Å². The van der Waals surface area contributed by atoms with E-state index in [1.807, 2.05) is 18.4 Å². The molecule has 1 saturated carbocycles. The second-order valence-electron chi connectivity index (χ2n) is 9.99. The number of thioether (sulfide) groups is 1. The highest BCUT2D eigenvalue weighted by atomic mass is 32.2. The third-order valence-corrected chi connectivity index (χ3v) is 7.95. The third kappa shape index (κ3) is 7.87. The first-order valence-corrected chi connectivity index (χ1v) is 14.8. The average Bonchev–Trinajstić information content (AvgIpc) is 3.43. The van der Waals surface area contributed by atoms with Gasteiger partial charge in [-0.05, 0) is 55.3 Å². The van der Waals surface area contributed by atoms with Crippen molar-refractivity contribution >= 4 is 41.5 Å². The van der Waals surface area contributed by atoms with E-state index in [4.69, 9.17) is 0 Å². The number of alkyl halides is 2. The van der Waals surface area contributed by atoms with Gasteiger partial charge >= 0.3 is 0 Å². The van der Waals surface area contributed by atoms with Crippen LogP contribution in [0.2, 0.25) is 0 Å². The quantitative estimate of drug-likeness (QED) is 0.270. The molecule has 5 rings (SSSR count). The molecule has 0 radical (unpaired) electrons. The van der Waals surface area contributed by atoms with Gasteiger partial charge < -0.3 is 5.32 Å². The molecule has 2 fully saturated rings. The maximum absolute atomic E-state index is 13.8. The smallest absolute Gasteiger partial charge is 0.248 e. The number of nitrogens with zero attached hydrogens (tertiary/aromatic N) is 4. The van der Waals surface area contributed by atoms with Gasteiger partial charge in [0, 0.05) is 54.8 Å². The Balaban J connectivity index is 0.000000279. The number of carbonyl (C=O) groups is 3. The van der Waals surface area contributed by atoms with Crippen LogP contribution < -0.4 is 15.1 Å². The Bertz CT molecular complexity index is 1370. The largest absolute Gasteiger partial charge is 0.351 e. The van der Waals surface area contributed by atoms with Crippen LogP contribution in [0, 0.1) is 5.82 Å². The molecule has 222 valence electrons. The molecule has 1 unspecified atom stereocenters. The molecule has 1 aliphatic heterocycles. The normalized spacial score (nSPS) is 17.1. The average molecular weight is 600 g/mol. The second-order valence-corrected chi connectivity index (χ2v) is 10.8. The molecular formula is C30H32F3N5O3S. The zero-order valence-electron chi connectivity index (χ0n) is 23.1. The van der Waals surface area contributed by atoms with Crippen molar-refractivity contribution in [1.82, 2.24) is 15.3 Å². The predicted molar refractivity (Wildman–Crippen MR) is 155 cm³/mol. The Morgan fingerprint density at radius 2 is 1.93 bits per heavy atom. The summed E-state index contributed by atoms with van der Waals surface area (Å²) in [4.78, 5) is 48.2. The first-order chi connectivity index (χ1) is 20.2. The molecule has 2 aliphatic rings. The van der Waals surface area contributed by atoms with E-state index in [9.17, 15) is 27.6 Å². The number of nitrogens with one attached hydrogen (secondary N) is 1. The fourth-order valence-electron chi connectivity index (χ4n) is 5.00. The molecule has 3 aromatic rings. The van der Waals surface area contributed by atoms with E-state index in [2.05, 4.69) is 15.3 Å². The van der Waals surface area contributed by atoms with Gasteiger partial charge in [-0.3, -0.25) is 29.2 Å². The van der Waals surface area contributed by atoms with Gasteiger partial charge in [0.15, 0.2) is 5.82 Å². The molecule has 42 heavy (non-hydrogen) atoms. The number of halogens is 3. The zero-order chi connectivity index (χ0) is 30.1.